The molecule has 0 heterocycles. The summed E-state index contributed by atoms with van der Waals surface area (Å²) in [5.41, 5.74) is 3.93. The summed E-state index contributed by atoms with van der Waals surface area (Å²) in [5, 5.41) is 0. The Labute approximate surface area is 336 Å². The van der Waals surface area contributed by atoms with E-state index in [4.69, 9.17) is 14.2 Å². The summed E-state index contributed by atoms with van der Waals surface area (Å²) >= 11 is 4.29. The van der Waals surface area contributed by atoms with Gasteiger partial charge in [0.2, 0.25) is 0 Å². The van der Waals surface area contributed by atoms with Crippen molar-refractivity contribution in [1.29, 1.82) is 0 Å². The predicted octanol–water partition coefficient (Wildman–Crippen LogP) is 15.2. The molecule has 0 bridgehead atoms. The number of ether oxygens (including phenoxy) is 3. The molecule has 0 radical (unpaired) electrons. The second-order valence-electron chi connectivity index (χ2n) is 15.3. The first-order chi connectivity index (χ1) is 26.6. The van der Waals surface area contributed by atoms with Crippen LogP contribution >= 0.6 is 12.6 Å². The number of thiol groups is 1. The molecule has 0 aliphatic rings. The Morgan fingerprint density at radius 2 is 0.926 bits per heavy atom. The fraction of sp³-hybridized carbons (Fsp3) is 0.612. The van der Waals surface area contributed by atoms with Gasteiger partial charge in [0.1, 0.15) is 24.2 Å². The zero-order valence-electron chi connectivity index (χ0n) is 34.2. The number of esters is 1. The number of carbonyl (C=O) groups excluding carboxylic acids is 1. The van der Waals surface area contributed by atoms with Gasteiger partial charge in [0.25, 0.3) is 0 Å². The van der Waals surface area contributed by atoms with E-state index in [-0.39, 0.29) is 12.1 Å². The molecule has 54 heavy (non-hydrogen) atoms. The molecule has 0 fully saturated rings. The number of hydrogen-bond acceptors (Lipinski definition) is 5. The fourth-order valence-electron chi connectivity index (χ4n) is 7.00. The molecule has 0 saturated heterocycles. The quantitative estimate of drug-likeness (QED) is 0.0382. The minimum absolute atomic E-state index is 0.00818. The molecule has 0 aliphatic heterocycles. The Balaban J connectivity index is 1.38. The van der Waals surface area contributed by atoms with E-state index < -0.39 is 0 Å². The molecule has 0 N–H and O–H groups in total. The lowest BCUT2D eigenvalue weighted by Crippen LogP contribution is -2.18. The second kappa shape index (κ2) is 30.3. The van der Waals surface area contributed by atoms with Crippen LogP contribution in [0.25, 0.3) is 11.1 Å². The first-order valence-corrected chi connectivity index (χ1v) is 22.6. The Morgan fingerprint density at radius 1 is 0.500 bits per heavy atom. The van der Waals surface area contributed by atoms with Crippen molar-refractivity contribution in [1.82, 2.24) is 0 Å². The number of benzene rings is 3. The highest BCUT2D eigenvalue weighted by Crippen LogP contribution is 2.26. The van der Waals surface area contributed by atoms with Crippen LogP contribution in [0.2, 0.25) is 0 Å². The third-order valence-electron chi connectivity index (χ3n) is 10.5. The van der Waals surface area contributed by atoms with E-state index in [1.54, 1.807) is 0 Å². The Morgan fingerprint density at radius 3 is 1.41 bits per heavy atom. The summed E-state index contributed by atoms with van der Waals surface area (Å²) in [7, 11) is 0. The van der Waals surface area contributed by atoms with E-state index in [9.17, 15) is 4.79 Å². The van der Waals surface area contributed by atoms with Crippen LogP contribution < -0.4 is 9.47 Å². The van der Waals surface area contributed by atoms with Gasteiger partial charge in [-0.05, 0) is 97.4 Å². The normalized spacial score (nSPS) is 11.3. The Hall–Kier alpha value is -2.92. The SMILES string of the molecule is CCCCCCCCCC(CCCCCCCCC)OC(=O)c1ccc(COc2ccc(-c3ccc(OCCCCCCCCCCS)cc3)cc2)cc1. The van der Waals surface area contributed by atoms with Crippen LogP contribution in [0, 0.1) is 0 Å². The molecule has 0 aromatic heterocycles. The maximum Gasteiger partial charge on any atom is 0.338 e. The van der Waals surface area contributed by atoms with Crippen molar-refractivity contribution < 1.29 is 19.0 Å². The first-order valence-electron chi connectivity index (χ1n) is 22.0. The standard InChI is InChI=1S/C49H74O4S/c1-3-5-7-9-13-17-21-25-48(26-22-18-14-10-8-6-4-2)53-49(50)45-29-27-42(28-30-45)41-52-47-37-33-44(34-38-47)43-31-35-46(36-32-43)51-39-23-19-15-11-12-16-20-24-40-54/h27-38,48,54H,3-26,39-41H2,1-2H3. The molecule has 0 saturated carbocycles. The highest BCUT2D eigenvalue weighted by Gasteiger charge is 2.16. The van der Waals surface area contributed by atoms with Gasteiger partial charge in [-0.1, -0.05) is 166 Å². The van der Waals surface area contributed by atoms with Crippen LogP contribution in [0.3, 0.4) is 0 Å². The van der Waals surface area contributed by atoms with E-state index >= 15 is 0 Å². The number of unbranched alkanes of at least 4 members (excludes halogenated alkanes) is 19. The maximum absolute atomic E-state index is 13.2. The highest BCUT2D eigenvalue weighted by molar-refractivity contribution is 7.80. The topological polar surface area (TPSA) is 44.8 Å². The number of rotatable bonds is 33. The van der Waals surface area contributed by atoms with Crippen LogP contribution in [0.4, 0.5) is 0 Å². The van der Waals surface area contributed by atoms with Gasteiger partial charge in [0.05, 0.1) is 12.2 Å². The van der Waals surface area contributed by atoms with Gasteiger partial charge in [-0.15, -0.1) is 0 Å². The van der Waals surface area contributed by atoms with Crippen molar-refractivity contribution in [2.45, 2.75) is 181 Å². The van der Waals surface area contributed by atoms with Crippen molar-refractivity contribution in [3.8, 4) is 22.6 Å². The summed E-state index contributed by atoms with van der Waals surface area (Å²) in [6.07, 6.45) is 30.0. The minimum Gasteiger partial charge on any atom is -0.494 e. The molecule has 3 aromatic rings. The molecule has 0 aliphatic carbocycles. The summed E-state index contributed by atoms with van der Waals surface area (Å²) in [6, 6.07) is 24.3. The zero-order valence-corrected chi connectivity index (χ0v) is 35.1. The van der Waals surface area contributed by atoms with Crippen molar-refractivity contribution in [3.05, 3.63) is 83.9 Å². The van der Waals surface area contributed by atoms with Gasteiger partial charge < -0.3 is 14.2 Å². The molecule has 0 spiro atoms. The summed E-state index contributed by atoms with van der Waals surface area (Å²) < 4.78 is 18.2. The van der Waals surface area contributed by atoms with Crippen LogP contribution in [0.5, 0.6) is 11.5 Å². The molecular formula is C49H74O4S. The number of carbonyl (C=O) groups is 1. The van der Waals surface area contributed by atoms with Gasteiger partial charge >= 0.3 is 5.97 Å². The maximum atomic E-state index is 13.2. The predicted molar refractivity (Wildman–Crippen MR) is 233 cm³/mol. The summed E-state index contributed by atoms with van der Waals surface area (Å²) in [4.78, 5) is 13.2. The smallest absolute Gasteiger partial charge is 0.338 e. The van der Waals surface area contributed by atoms with Crippen molar-refractivity contribution in [2.75, 3.05) is 12.4 Å². The average molecular weight is 759 g/mol. The lowest BCUT2D eigenvalue weighted by atomic mass is 10.0. The van der Waals surface area contributed by atoms with Crippen LogP contribution in [-0.2, 0) is 11.3 Å². The molecule has 300 valence electrons. The van der Waals surface area contributed by atoms with Gasteiger partial charge in [0.15, 0.2) is 0 Å². The van der Waals surface area contributed by atoms with Gasteiger partial charge in [-0.3, -0.25) is 0 Å². The van der Waals surface area contributed by atoms with E-state index in [0.717, 1.165) is 72.7 Å². The zero-order chi connectivity index (χ0) is 38.3. The van der Waals surface area contributed by atoms with Crippen molar-refractivity contribution in [3.63, 3.8) is 0 Å². The molecule has 0 atom stereocenters. The Kier molecular flexibility index (Phi) is 25.5. The van der Waals surface area contributed by atoms with Gasteiger partial charge in [-0.25, -0.2) is 4.79 Å². The van der Waals surface area contributed by atoms with E-state index in [2.05, 4.69) is 62.9 Å². The summed E-state index contributed by atoms with van der Waals surface area (Å²) in [5.74, 6) is 2.55. The molecule has 3 aromatic carbocycles. The lowest BCUT2D eigenvalue weighted by Gasteiger charge is -2.18. The van der Waals surface area contributed by atoms with Crippen molar-refractivity contribution in [2.24, 2.45) is 0 Å². The molecule has 0 unspecified atom stereocenters. The highest BCUT2D eigenvalue weighted by atomic mass is 32.1. The lowest BCUT2D eigenvalue weighted by molar-refractivity contribution is 0.0248. The Bertz CT molecular complexity index is 1300. The third kappa shape index (κ3) is 20.7. The molecule has 4 nitrogen and oxygen atoms in total. The van der Waals surface area contributed by atoms with Crippen LogP contribution in [0.1, 0.15) is 184 Å². The average Bonchev–Trinajstić information content (AvgIpc) is 3.20. The molecular weight excluding hydrogens is 685 g/mol. The second-order valence-corrected chi connectivity index (χ2v) is 15.7. The van der Waals surface area contributed by atoms with E-state index in [1.165, 1.54) is 122 Å². The largest absolute Gasteiger partial charge is 0.494 e. The van der Waals surface area contributed by atoms with Crippen LogP contribution in [0.15, 0.2) is 72.8 Å². The van der Waals surface area contributed by atoms with Crippen molar-refractivity contribution >= 4 is 18.6 Å². The minimum atomic E-state index is -0.203. The monoisotopic (exact) mass is 759 g/mol. The van der Waals surface area contributed by atoms with E-state index in [0.29, 0.717) is 12.2 Å². The first kappa shape index (κ1) is 45.5. The van der Waals surface area contributed by atoms with Crippen LogP contribution in [-0.4, -0.2) is 24.4 Å². The van der Waals surface area contributed by atoms with Gasteiger partial charge in [-0.2, -0.15) is 12.6 Å². The third-order valence-corrected chi connectivity index (χ3v) is 10.8. The van der Waals surface area contributed by atoms with Gasteiger partial charge in [0, 0.05) is 0 Å². The molecule has 3 rings (SSSR count). The molecule has 0 amide bonds. The van der Waals surface area contributed by atoms with E-state index in [1.807, 2.05) is 36.4 Å². The fourth-order valence-corrected chi connectivity index (χ4v) is 7.22. The number of hydrogen-bond donors (Lipinski definition) is 1. The summed E-state index contributed by atoms with van der Waals surface area (Å²) in [6.45, 7) is 5.74. The molecule has 5 heteroatoms.